The molecular formula is C17H22O2. The number of fused-ring (bicyclic) bond motifs is 3. The Morgan fingerprint density at radius 3 is 2.63 bits per heavy atom. The van der Waals surface area contributed by atoms with Crippen LogP contribution in [0, 0.1) is 11.8 Å². The van der Waals surface area contributed by atoms with Crippen LogP contribution in [-0.4, -0.2) is 12.2 Å². The van der Waals surface area contributed by atoms with E-state index in [1.165, 1.54) is 11.1 Å². The second-order valence-electron chi connectivity index (χ2n) is 6.06. The topological polar surface area (TPSA) is 18.5 Å². The molecule has 0 radical (unpaired) electrons. The van der Waals surface area contributed by atoms with Crippen molar-refractivity contribution in [3.05, 3.63) is 41.5 Å². The van der Waals surface area contributed by atoms with Gasteiger partial charge in [0.15, 0.2) is 0 Å². The predicted octanol–water partition coefficient (Wildman–Crippen LogP) is 4.13. The van der Waals surface area contributed by atoms with Gasteiger partial charge in [-0.15, -0.1) is 0 Å². The zero-order chi connectivity index (χ0) is 13.6. The summed E-state index contributed by atoms with van der Waals surface area (Å²) in [6.07, 6.45) is 2.84. The molecule has 2 heterocycles. The van der Waals surface area contributed by atoms with Gasteiger partial charge in [-0.25, -0.2) is 0 Å². The van der Waals surface area contributed by atoms with Gasteiger partial charge < -0.3 is 9.47 Å². The lowest BCUT2D eigenvalue weighted by molar-refractivity contribution is 0.0102. The van der Waals surface area contributed by atoms with E-state index in [4.69, 9.17) is 9.47 Å². The fraction of sp³-hybridized carbons (Fsp3) is 0.529. The summed E-state index contributed by atoms with van der Waals surface area (Å²) < 4.78 is 12.4. The monoisotopic (exact) mass is 258 g/mol. The van der Waals surface area contributed by atoms with Crippen molar-refractivity contribution in [1.82, 2.24) is 0 Å². The second-order valence-corrected chi connectivity index (χ2v) is 6.06. The van der Waals surface area contributed by atoms with Gasteiger partial charge in [-0.05, 0) is 38.8 Å². The van der Waals surface area contributed by atoms with Gasteiger partial charge in [-0.1, -0.05) is 30.7 Å². The molecule has 102 valence electrons. The fourth-order valence-corrected chi connectivity index (χ4v) is 3.31. The molecule has 1 saturated heterocycles. The maximum atomic E-state index is 6.22. The maximum absolute atomic E-state index is 6.22. The summed E-state index contributed by atoms with van der Waals surface area (Å²) in [5, 5.41) is 0. The number of hydrogen-bond acceptors (Lipinski definition) is 2. The van der Waals surface area contributed by atoms with Gasteiger partial charge in [0.1, 0.15) is 11.9 Å². The van der Waals surface area contributed by atoms with Crippen LogP contribution in [0.3, 0.4) is 0 Å². The highest BCUT2D eigenvalue weighted by atomic mass is 16.5. The Morgan fingerprint density at radius 2 is 1.89 bits per heavy atom. The van der Waals surface area contributed by atoms with Crippen LogP contribution in [0.1, 0.15) is 39.4 Å². The van der Waals surface area contributed by atoms with E-state index in [1.54, 1.807) is 0 Å². The Morgan fingerprint density at radius 1 is 1.16 bits per heavy atom. The number of allylic oxidation sites excluding steroid dienone is 1. The lowest BCUT2D eigenvalue weighted by atomic mass is 9.79. The summed E-state index contributed by atoms with van der Waals surface area (Å²) in [6.45, 7) is 8.70. The summed E-state index contributed by atoms with van der Waals surface area (Å²) in [5.74, 6) is 1.91. The molecule has 1 aromatic rings. The Labute approximate surface area is 115 Å². The van der Waals surface area contributed by atoms with E-state index in [2.05, 4.69) is 52.0 Å². The van der Waals surface area contributed by atoms with Crippen LogP contribution in [-0.2, 0) is 4.74 Å². The van der Waals surface area contributed by atoms with E-state index in [-0.39, 0.29) is 18.3 Å². The molecule has 19 heavy (non-hydrogen) atoms. The quantitative estimate of drug-likeness (QED) is 0.705. The van der Waals surface area contributed by atoms with Crippen molar-refractivity contribution in [1.29, 1.82) is 0 Å². The van der Waals surface area contributed by atoms with Gasteiger partial charge in [0.25, 0.3) is 0 Å². The molecular weight excluding hydrogens is 236 g/mol. The van der Waals surface area contributed by atoms with Crippen LogP contribution in [0.25, 0.3) is 0 Å². The van der Waals surface area contributed by atoms with Gasteiger partial charge >= 0.3 is 0 Å². The van der Waals surface area contributed by atoms with E-state index in [1.807, 2.05) is 6.07 Å². The minimum absolute atomic E-state index is 0.129. The van der Waals surface area contributed by atoms with E-state index in [9.17, 15) is 0 Å². The normalized spacial score (nSPS) is 36.1. The van der Waals surface area contributed by atoms with Gasteiger partial charge in [0, 0.05) is 11.5 Å². The summed E-state index contributed by atoms with van der Waals surface area (Å²) in [4.78, 5) is 0. The number of hydrogen-bond donors (Lipinski definition) is 0. The van der Waals surface area contributed by atoms with Crippen molar-refractivity contribution in [3.63, 3.8) is 0 Å². The largest absolute Gasteiger partial charge is 0.486 e. The van der Waals surface area contributed by atoms with E-state index < -0.39 is 0 Å². The van der Waals surface area contributed by atoms with Crippen LogP contribution >= 0.6 is 0 Å². The van der Waals surface area contributed by atoms with Gasteiger partial charge in [-0.2, -0.15) is 0 Å². The lowest BCUT2D eigenvalue weighted by Crippen LogP contribution is -2.35. The first-order chi connectivity index (χ1) is 9.08. The average Bonchev–Trinajstić information content (AvgIpc) is 2.66. The standard InChI is InChI=1S/C17H22O2/c1-10(2)9-15-16-11(3)12(4)18-17(16)13-7-5-6-8-14(13)19-15/h5-9,11-12,15-17H,1-4H3/t11-,12+,15-,16-,17-/m0/s1. The minimum Gasteiger partial charge on any atom is -0.486 e. The molecule has 1 aromatic carbocycles. The molecule has 0 spiro atoms. The lowest BCUT2D eigenvalue weighted by Gasteiger charge is -2.35. The molecule has 0 aromatic heterocycles. The summed E-state index contributed by atoms with van der Waals surface area (Å²) in [5.41, 5.74) is 2.51. The highest BCUT2D eigenvalue weighted by Gasteiger charge is 2.48. The smallest absolute Gasteiger partial charge is 0.126 e. The van der Waals surface area contributed by atoms with E-state index in [0.29, 0.717) is 11.8 Å². The SMILES string of the molecule is CC(C)=C[C@@H]1Oc2ccccc2[C@@H]2O[C@H](C)[C@H](C)[C@@H]12. The van der Waals surface area contributed by atoms with E-state index >= 15 is 0 Å². The predicted molar refractivity (Wildman–Crippen MR) is 76.2 cm³/mol. The van der Waals surface area contributed by atoms with Crippen molar-refractivity contribution < 1.29 is 9.47 Å². The zero-order valence-corrected chi connectivity index (χ0v) is 12.1. The number of para-hydroxylation sites is 1. The van der Waals surface area contributed by atoms with Crippen LogP contribution < -0.4 is 4.74 Å². The Balaban J connectivity index is 2.05. The van der Waals surface area contributed by atoms with Crippen LogP contribution in [0.15, 0.2) is 35.9 Å². The molecule has 2 aliphatic rings. The molecule has 0 saturated carbocycles. The van der Waals surface area contributed by atoms with Crippen molar-refractivity contribution in [2.24, 2.45) is 11.8 Å². The third-order valence-electron chi connectivity index (χ3n) is 4.42. The van der Waals surface area contributed by atoms with Gasteiger partial charge in [-0.3, -0.25) is 0 Å². The molecule has 0 unspecified atom stereocenters. The fourth-order valence-electron chi connectivity index (χ4n) is 3.31. The molecule has 2 heteroatoms. The van der Waals surface area contributed by atoms with Gasteiger partial charge in [0.05, 0.1) is 12.2 Å². The van der Waals surface area contributed by atoms with Crippen LogP contribution in [0.4, 0.5) is 0 Å². The van der Waals surface area contributed by atoms with Crippen molar-refractivity contribution in [2.75, 3.05) is 0 Å². The Kier molecular flexibility index (Phi) is 3.14. The van der Waals surface area contributed by atoms with Crippen molar-refractivity contribution in [3.8, 4) is 5.75 Å². The first-order valence-corrected chi connectivity index (χ1v) is 7.14. The van der Waals surface area contributed by atoms with Crippen LogP contribution in [0.5, 0.6) is 5.75 Å². The molecule has 0 bridgehead atoms. The van der Waals surface area contributed by atoms with Crippen molar-refractivity contribution in [2.45, 2.75) is 46.0 Å². The third kappa shape index (κ3) is 2.08. The Hall–Kier alpha value is -1.28. The summed E-state index contributed by atoms with van der Waals surface area (Å²) >= 11 is 0. The molecule has 0 amide bonds. The average molecular weight is 258 g/mol. The molecule has 0 aliphatic carbocycles. The molecule has 0 N–H and O–H groups in total. The molecule has 1 fully saturated rings. The number of rotatable bonds is 1. The second kappa shape index (κ2) is 4.68. The third-order valence-corrected chi connectivity index (χ3v) is 4.42. The van der Waals surface area contributed by atoms with E-state index in [0.717, 1.165) is 5.75 Å². The number of ether oxygens (including phenoxy) is 2. The summed E-state index contributed by atoms with van der Waals surface area (Å²) in [6, 6.07) is 8.28. The highest BCUT2D eigenvalue weighted by Crippen LogP contribution is 2.50. The first-order valence-electron chi connectivity index (χ1n) is 7.14. The molecule has 2 nitrogen and oxygen atoms in total. The highest BCUT2D eigenvalue weighted by molar-refractivity contribution is 5.39. The summed E-state index contributed by atoms with van der Waals surface area (Å²) in [7, 11) is 0. The first kappa shape index (κ1) is 12.7. The zero-order valence-electron chi connectivity index (χ0n) is 12.1. The maximum Gasteiger partial charge on any atom is 0.126 e. The van der Waals surface area contributed by atoms with Crippen molar-refractivity contribution >= 4 is 0 Å². The Bertz CT molecular complexity index is 502. The number of benzene rings is 1. The van der Waals surface area contributed by atoms with Crippen LogP contribution in [0.2, 0.25) is 0 Å². The molecule has 2 aliphatic heterocycles. The molecule has 5 atom stereocenters. The minimum atomic E-state index is 0.129. The molecule has 3 rings (SSSR count). The van der Waals surface area contributed by atoms with Gasteiger partial charge in [0.2, 0.25) is 0 Å².